The number of nitrogens with two attached hydrogens (primary N) is 1. The lowest BCUT2D eigenvalue weighted by Gasteiger charge is -2.14. The van der Waals surface area contributed by atoms with Crippen molar-refractivity contribution in [1.82, 2.24) is 15.0 Å². The van der Waals surface area contributed by atoms with Gasteiger partial charge in [0.25, 0.3) is 0 Å². The average Bonchev–Trinajstić information content (AvgIpc) is 3.09. The van der Waals surface area contributed by atoms with Crippen molar-refractivity contribution in [2.45, 2.75) is 38.3 Å². The van der Waals surface area contributed by atoms with Crippen molar-refractivity contribution in [3.63, 3.8) is 0 Å². The van der Waals surface area contributed by atoms with Gasteiger partial charge in [-0.2, -0.15) is 4.98 Å². The summed E-state index contributed by atoms with van der Waals surface area (Å²) >= 11 is 0. The van der Waals surface area contributed by atoms with E-state index in [4.69, 9.17) is 10.3 Å². The lowest BCUT2D eigenvalue weighted by Crippen LogP contribution is -2.30. The molecule has 1 aromatic heterocycles. The molecule has 1 aliphatic heterocycles. The van der Waals surface area contributed by atoms with Gasteiger partial charge in [-0.3, -0.25) is 4.90 Å². The van der Waals surface area contributed by atoms with Crippen LogP contribution in [0.2, 0.25) is 0 Å². The average molecular weight is 323 g/mol. The molecule has 2 heterocycles. The maximum Gasteiger partial charge on any atom is 0.240 e. The van der Waals surface area contributed by atoms with Gasteiger partial charge in [-0.1, -0.05) is 35.5 Å². The number of nitrogens with zero attached hydrogens (tertiary/aromatic N) is 3. The van der Waals surface area contributed by atoms with Crippen molar-refractivity contribution < 1.29 is 4.52 Å². The van der Waals surface area contributed by atoms with Crippen molar-refractivity contribution in [2.75, 3.05) is 13.1 Å². The van der Waals surface area contributed by atoms with E-state index in [0.29, 0.717) is 24.2 Å². The smallest absolute Gasteiger partial charge is 0.240 e. The molecule has 1 atom stereocenters. The van der Waals surface area contributed by atoms with Crippen LogP contribution in [0.3, 0.4) is 0 Å². The minimum atomic E-state index is -0.556. The van der Waals surface area contributed by atoms with E-state index in [1.807, 2.05) is 13.8 Å². The van der Waals surface area contributed by atoms with Crippen LogP contribution in [0, 0.1) is 0 Å². The third-order valence-electron chi connectivity index (χ3n) is 3.95. The van der Waals surface area contributed by atoms with Crippen LogP contribution < -0.4 is 5.73 Å². The van der Waals surface area contributed by atoms with Crippen LogP contribution in [0.5, 0.6) is 0 Å². The summed E-state index contributed by atoms with van der Waals surface area (Å²) in [6, 6.07) is 10.7. The molecule has 2 aromatic rings. The maximum absolute atomic E-state index is 5.98. The van der Waals surface area contributed by atoms with Crippen LogP contribution in [-0.4, -0.2) is 28.1 Å². The second-order valence-electron chi connectivity index (χ2n) is 6.36. The van der Waals surface area contributed by atoms with Crippen molar-refractivity contribution in [3.05, 3.63) is 47.6 Å². The predicted molar refractivity (Wildman–Crippen MR) is 87.8 cm³/mol. The molecule has 1 unspecified atom stereocenters. The molecule has 1 aromatic carbocycles. The lowest BCUT2D eigenvalue weighted by atomic mass is 9.99. The van der Waals surface area contributed by atoms with Crippen LogP contribution in [0.25, 0.3) is 0 Å². The minimum Gasteiger partial charge on any atom is -0.338 e. The van der Waals surface area contributed by atoms with Gasteiger partial charge in [-0.25, -0.2) is 0 Å². The quantitative estimate of drug-likeness (QED) is 0.937. The summed E-state index contributed by atoms with van der Waals surface area (Å²) in [5.41, 5.74) is 6.83. The van der Waals surface area contributed by atoms with Gasteiger partial charge in [0.2, 0.25) is 5.89 Å². The number of benzene rings is 1. The van der Waals surface area contributed by atoms with Gasteiger partial charge in [-0.05, 0) is 38.3 Å². The molecule has 0 saturated carbocycles. The fourth-order valence-electron chi connectivity index (χ4n) is 2.75. The van der Waals surface area contributed by atoms with E-state index in [0.717, 1.165) is 13.1 Å². The normalized spacial score (nSPS) is 19.1. The Kier molecular flexibility index (Phi) is 5.21. The Morgan fingerprint density at radius 3 is 2.68 bits per heavy atom. The fourth-order valence-corrected chi connectivity index (χ4v) is 2.75. The Morgan fingerprint density at radius 2 is 2.05 bits per heavy atom. The van der Waals surface area contributed by atoms with E-state index in [2.05, 4.69) is 45.4 Å². The Bertz CT molecular complexity index is 594. The molecule has 5 nitrogen and oxygen atoms in total. The highest BCUT2D eigenvalue weighted by Crippen LogP contribution is 2.27. The van der Waals surface area contributed by atoms with Gasteiger partial charge in [0.1, 0.15) is 0 Å². The molecular weight excluding hydrogens is 300 g/mol. The van der Waals surface area contributed by atoms with E-state index in [1.54, 1.807) is 0 Å². The molecule has 0 radical (unpaired) electrons. The van der Waals surface area contributed by atoms with Crippen LogP contribution in [-0.2, 0) is 12.1 Å². The van der Waals surface area contributed by atoms with Crippen LogP contribution in [0.4, 0.5) is 0 Å². The highest BCUT2D eigenvalue weighted by atomic mass is 35.5. The van der Waals surface area contributed by atoms with Crippen molar-refractivity contribution in [1.29, 1.82) is 0 Å². The topological polar surface area (TPSA) is 68.2 Å². The summed E-state index contributed by atoms with van der Waals surface area (Å²) in [5.74, 6) is 1.81. The van der Waals surface area contributed by atoms with Crippen LogP contribution in [0.15, 0.2) is 34.9 Å². The molecule has 0 aliphatic carbocycles. The van der Waals surface area contributed by atoms with Gasteiger partial charge in [0.05, 0.1) is 12.1 Å². The van der Waals surface area contributed by atoms with Crippen molar-refractivity contribution in [2.24, 2.45) is 5.73 Å². The largest absolute Gasteiger partial charge is 0.338 e. The summed E-state index contributed by atoms with van der Waals surface area (Å²) in [6.45, 7) is 6.55. The number of rotatable bonds is 4. The second-order valence-corrected chi connectivity index (χ2v) is 6.36. The number of aromatic nitrogens is 2. The molecule has 3 rings (SSSR count). The van der Waals surface area contributed by atoms with E-state index in [9.17, 15) is 0 Å². The first-order valence-electron chi connectivity index (χ1n) is 7.41. The molecule has 1 aliphatic rings. The molecule has 1 fully saturated rings. The van der Waals surface area contributed by atoms with E-state index >= 15 is 0 Å². The predicted octanol–water partition coefficient (Wildman–Crippen LogP) is 2.67. The standard InChI is InChI=1S/C16H22N4O.ClH/c1-16(2,17)15-18-14(21-19-15)11-20-9-8-13(10-20)12-6-4-3-5-7-12;/h3-7,13H,8-11,17H2,1-2H3;1H. The summed E-state index contributed by atoms with van der Waals surface area (Å²) in [5, 5.41) is 3.97. The Hall–Kier alpha value is -1.43. The summed E-state index contributed by atoms with van der Waals surface area (Å²) < 4.78 is 5.31. The molecule has 22 heavy (non-hydrogen) atoms. The van der Waals surface area contributed by atoms with Crippen LogP contribution in [0.1, 0.15) is 43.5 Å². The van der Waals surface area contributed by atoms with Crippen LogP contribution >= 0.6 is 12.4 Å². The lowest BCUT2D eigenvalue weighted by molar-refractivity contribution is 0.264. The van der Waals surface area contributed by atoms with E-state index in [1.165, 1.54) is 12.0 Å². The van der Waals surface area contributed by atoms with Gasteiger partial charge >= 0.3 is 0 Å². The van der Waals surface area contributed by atoms with Gasteiger partial charge in [0.15, 0.2) is 5.82 Å². The Balaban J connectivity index is 0.00000176. The number of hydrogen-bond acceptors (Lipinski definition) is 5. The third kappa shape index (κ3) is 3.85. The fraction of sp³-hybridized carbons (Fsp3) is 0.500. The zero-order chi connectivity index (χ0) is 14.9. The molecule has 6 heteroatoms. The first kappa shape index (κ1) is 16.9. The molecule has 0 amide bonds. The molecule has 0 bridgehead atoms. The molecule has 2 N–H and O–H groups in total. The summed E-state index contributed by atoms with van der Waals surface area (Å²) in [7, 11) is 0. The number of likely N-dealkylation sites (tertiary alicyclic amines) is 1. The first-order chi connectivity index (χ1) is 10.0. The van der Waals surface area contributed by atoms with E-state index < -0.39 is 5.54 Å². The summed E-state index contributed by atoms with van der Waals surface area (Å²) in [4.78, 5) is 6.76. The number of hydrogen-bond donors (Lipinski definition) is 1. The van der Waals surface area contributed by atoms with Gasteiger partial charge in [-0.15, -0.1) is 12.4 Å². The second kappa shape index (κ2) is 6.77. The Labute approximate surface area is 137 Å². The van der Waals surface area contributed by atoms with Crippen molar-refractivity contribution >= 4 is 12.4 Å². The monoisotopic (exact) mass is 322 g/mol. The Morgan fingerprint density at radius 1 is 1.32 bits per heavy atom. The van der Waals surface area contributed by atoms with Gasteiger partial charge < -0.3 is 10.3 Å². The molecular formula is C16H23ClN4O. The first-order valence-corrected chi connectivity index (χ1v) is 7.41. The molecule has 0 spiro atoms. The zero-order valence-electron chi connectivity index (χ0n) is 13.0. The number of halogens is 1. The SMILES string of the molecule is CC(C)(N)c1noc(CN2CCC(c3ccccc3)C2)n1.Cl. The third-order valence-corrected chi connectivity index (χ3v) is 3.95. The summed E-state index contributed by atoms with van der Waals surface area (Å²) in [6.07, 6.45) is 1.17. The van der Waals surface area contributed by atoms with Gasteiger partial charge in [0, 0.05) is 6.54 Å². The molecule has 1 saturated heterocycles. The van der Waals surface area contributed by atoms with Crippen molar-refractivity contribution in [3.8, 4) is 0 Å². The highest BCUT2D eigenvalue weighted by Gasteiger charge is 2.26. The zero-order valence-corrected chi connectivity index (χ0v) is 13.8. The van der Waals surface area contributed by atoms with E-state index in [-0.39, 0.29) is 12.4 Å². The molecule has 120 valence electrons. The highest BCUT2D eigenvalue weighted by molar-refractivity contribution is 5.85. The minimum absolute atomic E-state index is 0. The maximum atomic E-state index is 5.98.